The van der Waals surface area contributed by atoms with Gasteiger partial charge in [0.05, 0.1) is 72.7 Å². The number of rotatable bonds is 26. The Balaban J connectivity index is 4.58. The van der Waals surface area contributed by atoms with Crippen LogP contribution < -0.4 is 0 Å². The van der Waals surface area contributed by atoms with Crippen LogP contribution in [0, 0.1) is 10.8 Å². The highest BCUT2D eigenvalue weighted by molar-refractivity contribution is 9.10. The largest absolute Gasteiger partial charge is 0.464 e. The lowest BCUT2D eigenvalue weighted by atomic mass is 9.91. The summed E-state index contributed by atoms with van der Waals surface area (Å²) in [5.41, 5.74) is -2.42. The SMILES string of the molecule is C=CCOCCOCCOCCOCCOCC(C)(CO)COC(=O)C(C)(COC(=O)C(C)(C)Br)COC(=O)C(C)(C)Br. The number of halogens is 2. The molecule has 0 radical (unpaired) electrons. The lowest BCUT2D eigenvalue weighted by Gasteiger charge is -2.31. The third-order valence-electron chi connectivity index (χ3n) is 5.61. The molecule has 14 heteroatoms. The van der Waals surface area contributed by atoms with E-state index in [-0.39, 0.29) is 39.6 Å². The van der Waals surface area contributed by atoms with Gasteiger partial charge in [0, 0.05) is 5.41 Å². The fourth-order valence-electron chi connectivity index (χ4n) is 2.76. The molecular weight excluding hydrogens is 700 g/mol. The van der Waals surface area contributed by atoms with Crippen molar-refractivity contribution >= 4 is 49.8 Å². The lowest BCUT2D eigenvalue weighted by Crippen LogP contribution is -2.45. The molecule has 0 aliphatic carbocycles. The van der Waals surface area contributed by atoms with Crippen LogP contribution in [0.4, 0.5) is 0 Å². The molecular formula is C29H50Br2O12. The normalized spacial score (nSPS) is 13.7. The fraction of sp³-hybridized carbons (Fsp3) is 0.828. The number of carbonyl (C=O) groups is 3. The average Bonchev–Trinajstić information content (AvgIpc) is 2.94. The van der Waals surface area contributed by atoms with Gasteiger partial charge in [0.1, 0.15) is 33.9 Å². The number of hydrogen-bond donors (Lipinski definition) is 1. The number of esters is 3. The maximum Gasteiger partial charge on any atom is 0.322 e. The Bertz CT molecular complexity index is 795. The van der Waals surface area contributed by atoms with Crippen molar-refractivity contribution in [2.24, 2.45) is 10.8 Å². The quantitative estimate of drug-likeness (QED) is 0.0456. The predicted octanol–water partition coefficient (Wildman–Crippen LogP) is 3.24. The molecule has 12 nitrogen and oxygen atoms in total. The van der Waals surface area contributed by atoms with Crippen molar-refractivity contribution in [1.29, 1.82) is 0 Å². The molecule has 1 unspecified atom stereocenters. The second-order valence-electron chi connectivity index (χ2n) is 11.5. The van der Waals surface area contributed by atoms with Crippen LogP contribution in [0.2, 0.25) is 0 Å². The van der Waals surface area contributed by atoms with Gasteiger partial charge in [-0.25, -0.2) is 0 Å². The number of aliphatic hydroxyl groups is 1. The first-order valence-electron chi connectivity index (χ1n) is 14.0. The van der Waals surface area contributed by atoms with Crippen LogP contribution in [-0.4, -0.2) is 124 Å². The zero-order valence-electron chi connectivity index (χ0n) is 26.4. The molecule has 0 amide bonds. The summed E-state index contributed by atoms with van der Waals surface area (Å²) < 4.78 is 41.3. The summed E-state index contributed by atoms with van der Waals surface area (Å²) in [5, 5.41) is 9.96. The summed E-state index contributed by atoms with van der Waals surface area (Å²) in [7, 11) is 0. The molecule has 0 aliphatic rings. The molecule has 0 saturated heterocycles. The molecule has 43 heavy (non-hydrogen) atoms. The first kappa shape index (κ1) is 41.9. The van der Waals surface area contributed by atoms with Gasteiger partial charge < -0.3 is 43.0 Å². The van der Waals surface area contributed by atoms with Crippen LogP contribution in [0.5, 0.6) is 0 Å². The molecule has 0 fully saturated rings. The second-order valence-corrected chi connectivity index (χ2v) is 15.4. The Morgan fingerprint density at radius 2 is 0.977 bits per heavy atom. The summed E-state index contributed by atoms with van der Waals surface area (Å²) in [6.07, 6.45) is 1.68. The van der Waals surface area contributed by atoms with E-state index < -0.39 is 37.4 Å². The van der Waals surface area contributed by atoms with Crippen molar-refractivity contribution in [2.45, 2.75) is 50.2 Å². The summed E-state index contributed by atoms with van der Waals surface area (Å²) in [6.45, 7) is 15.7. The topological polar surface area (TPSA) is 145 Å². The standard InChI is InChI=1S/C29H50Br2O12/c1-8-9-36-10-11-37-12-13-38-14-15-39-16-17-40-19-28(6,18-32)20-41-25(35)29(7,21-42-23(33)26(2,3)30)22-43-24(34)27(4,5)31/h8,32H,1,9-22H2,2-7H3. The average molecular weight is 751 g/mol. The van der Waals surface area contributed by atoms with Gasteiger partial charge in [-0.3, -0.25) is 14.4 Å². The molecule has 0 bridgehead atoms. The van der Waals surface area contributed by atoms with E-state index in [4.69, 9.17) is 37.9 Å². The minimum atomic E-state index is -1.50. The minimum absolute atomic E-state index is 0.0841. The minimum Gasteiger partial charge on any atom is -0.464 e. The highest BCUT2D eigenvalue weighted by Gasteiger charge is 2.42. The Morgan fingerprint density at radius 3 is 1.35 bits per heavy atom. The molecule has 252 valence electrons. The molecule has 0 heterocycles. The van der Waals surface area contributed by atoms with E-state index in [0.717, 1.165) is 0 Å². The van der Waals surface area contributed by atoms with E-state index in [0.29, 0.717) is 52.9 Å². The summed E-state index contributed by atoms with van der Waals surface area (Å²) in [5.74, 6) is -1.96. The van der Waals surface area contributed by atoms with Gasteiger partial charge in [-0.15, -0.1) is 6.58 Å². The van der Waals surface area contributed by atoms with E-state index in [2.05, 4.69) is 38.4 Å². The first-order chi connectivity index (χ1) is 20.0. The van der Waals surface area contributed by atoms with Gasteiger partial charge in [-0.2, -0.15) is 0 Å². The molecule has 0 aliphatic heterocycles. The number of hydrogen-bond acceptors (Lipinski definition) is 12. The van der Waals surface area contributed by atoms with Crippen molar-refractivity contribution < 1.29 is 57.4 Å². The van der Waals surface area contributed by atoms with Gasteiger partial charge in [-0.05, 0) is 34.6 Å². The maximum atomic E-state index is 13.2. The monoisotopic (exact) mass is 748 g/mol. The Morgan fingerprint density at radius 1 is 0.605 bits per heavy atom. The number of ether oxygens (including phenoxy) is 8. The summed E-state index contributed by atoms with van der Waals surface area (Å²) in [4.78, 5) is 37.8. The molecule has 0 aromatic rings. The van der Waals surface area contributed by atoms with Gasteiger partial charge in [0.2, 0.25) is 0 Å². The van der Waals surface area contributed by atoms with Gasteiger partial charge in [-0.1, -0.05) is 44.9 Å². The van der Waals surface area contributed by atoms with E-state index >= 15 is 0 Å². The van der Waals surface area contributed by atoms with Crippen LogP contribution in [0.25, 0.3) is 0 Å². The van der Waals surface area contributed by atoms with Crippen molar-refractivity contribution in [2.75, 3.05) is 92.5 Å². The Kier molecular flexibility index (Phi) is 21.0. The van der Waals surface area contributed by atoms with Crippen LogP contribution in [-0.2, 0) is 52.3 Å². The number of carbonyl (C=O) groups excluding carboxylic acids is 3. The van der Waals surface area contributed by atoms with Crippen molar-refractivity contribution in [3.8, 4) is 0 Å². The van der Waals surface area contributed by atoms with E-state index in [1.54, 1.807) is 40.7 Å². The van der Waals surface area contributed by atoms with Gasteiger partial charge >= 0.3 is 17.9 Å². The zero-order chi connectivity index (χ0) is 33.0. The predicted molar refractivity (Wildman–Crippen MR) is 166 cm³/mol. The van der Waals surface area contributed by atoms with E-state index in [9.17, 15) is 19.5 Å². The van der Waals surface area contributed by atoms with E-state index in [1.165, 1.54) is 6.92 Å². The third kappa shape index (κ3) is 19.8. The molecule has 0 aromatic heterocycles. The molecule has 0 aromatic carbocycles. The molecule has 1 atom stereocenters. The number of aliphatic hydroxyl groups excluding tert-OH is 1. The molecule has 0 saturated carbocycles. The van der Waals surface area contributed by atoms with Crippen LogP contribution in [0.3, 0.4) is 0 Å². The van der Waals surface area contributed by atoms with Crippen LogP contribution >= 0.6 is 31.9 Å². The van der Waals surface area contributed by atoms with Crippen molar-refractivity contribution in [3.05, 3.63) is 12.7 Å². The third-order valence-corrected chi connectivity index (χ3v) is 6.26. The lowest BCUT2D eigenvalue weighted by molar-refractivity contribution is -0.175. The maximum absolute atomic E-state index is 13.2. The second kappa shape index (κ2) is 21.6. The van der Waals surface area contributed by atoms with Crippen LogP contribution in [0.15, 0.2) is 12.7 Å². The summed E-state index contributed by atoms with van der Waals surface area (Å²) >= 11 is 6.44. The highest BCUT2D eigenvalue weighted by atomic mass is 79.9. The first-order valence-corrected chi connectivity index (χ1v) is 15.6. The fourth-order valence-corrected chi connectivity index (χ4v) is 2.99. The van der Waals surface area contributed by atoms with Gasteiger partial charge in [0.15, 0.2) is 0 Å². The molecule has 0 rings (SSSR count). The molecule has 0 spiro atoms. The number of alkyl halides is 2. The van der Waals surface area contributed by atoms with Crippen molar-refractivity contribution in [1.82, 2.24) is 0 Å². The highest BCUT2D eigenvalue weighted by Crippen LogP contribution is 2.27. The summed E-state index contributed by atoms with van der Waals surface area (Å²) in [6, 6.07) is 0. The van der Waals surface area contributed by atoms with E-state index in [1.807, 2.05) is 0 Å². The Hall–Kier alpha value is -1.13. The van der Waals surface area contributed by atoms with Gasteiger partial charge in [0.25, 0.3) is 0 Å². The van der Waals surface area contributed by atoms with Crippen molar-refractivity contribution in [3.63, 3.8) is 0 Å². The zero-order valence-corrected chi connectivity index (χ0v) is 29.5. The smallest absolute Gasteiger partial charge is 0.322 e. The molecule has 1 N–H and O–H groups in total. The Labute approximate surface area is 272 Å². The van der Waals surface area contributed by atoms with Crippen LogP contribution in [0.1, 0.15) is 41.5 Å².